The molecule has 0 fully saturated rings. The van der Waals surface area contributed by atoms with E-state index in [0.29, 0.717) is 12.5 Å². The molecule has 0 bridgehead atoms. The molecule has 2 aromatic rings. The molecule has 1 atom stereocenters. The molecule has 2 aromatic heterocycles. The standard InChI is InChI=1S/C12H16BrN5/c1-8(2)12(14)11-7-18(17-16-11)6-10-4-3-9(13)5-15-10/h3-5,7-8,12H,6,14H2,1-2H3. The van der Waals surface area contributed by atoms with Gasteiger partial charge in [-0.2, -0.15) is 0 Å². The normalized spacial score (nSPS) is 12.9. The molecule has 5 nitrogen and oxygen atoms in total. The van der Waals surface area contributed by atoms with E-state index in [1.54, 1.807) is 10.9 Å². The molecular weight excluding hydrogens is 294 g/mol. The van der Waals surface area contributed by atoms with E-state index in [1.807, 2.05) is 18.3 Å². The van der Waals surface area contributed by atoms with Crippen LogP contribution in [0.5, 0.6) is 0 Å². The highest BCUT2D eigenvalue weighted by Gasteiger charge is 2.14. The van der Waals surface area contributed by atoms with E-state index in [4.69, 9.17) is 5.73 Å². The first-order chi connectivity index (χ1) is 8.56. The molecule has 0 aliphatic rings. The van der Waals surface area contributed by atoms with Crippen molar-refractivity contribution < 1.29 is 0 Å². The van der Waals surface area contributed by atoms with E-state index in [2.05, 4.69) is 45.1 Å². The van der Waals surface area contributed by atoms with Crippen LogP contribution in [0.2, 0.25) is 0 Å². The molecule has 0 amide bonds. The highest BCUT2D eigenvalue weighted by Crippen LogP contribution is 2.16. The molecule has 0 aliphatic heterocycles. The lowest BCUT2D eigenvalue weighted by atomic mass is 10.0. The number of hydrogen-bond acceptors (Lipinski definition) is 4. The van der Waals surface area contributed by atoms with Gasteiger partial charge in [-0.25, -0.2) is 4.68 Å². The molecule has 0 radical (unpaired) electrons. The number of pyridine rings is 1. The summed E-state index contributed by atoms with van der Waals surface area (Å²) in [4.78, 5) is 4.30. The zero-order valence-corrected chi connectivity index (χ0v) is 12.0. The van der Waals surface area contributed by atoms with Gasteiger partial charge in [-0.1, -0.05) is 19.1 Å². The van der Waals surface area contributed by atoms with Gasteiger partial charge in [0.25, 0.3) is 0 Å². The molecule has 1 unspecified atom stereocenters. The maximum atomic E-state index is 6.03. The summed E-state index contributed by atoms with van der Waals surface area (Å²) in [7, 11) is 0. The van der Waals surface area contributed by atoms with Crippen molar-refractivity contribution >= 4 is 15.9 Å². The Hall–Kier alpha value is -1.27. The molecule has 0 spiro atoms. The monoisotopic (exact) mass is 309 g/mol. The van der Waals surface area contributed by atoms with Crippen LogP contribution < -0.4 is 5.73 Å². The first-order valence-electron chi connectivity index (χ1n) is 5.82. The van der Waals surface area contributed by atoms with Gasteiger partial charge in [0.1, 0.15) is 0 Å². The summed E-state index contributed by atoms with van der Waals surface area (Å²) >= 11 is 3.36. The van der Waals surface area contributed by atoms with Crippen molar-refractivity contribution in [3.8, 4) is 0 Å². The van der Waals surface area contributed by atoms with Crippen LogP contribution in [0.4, 0.5) is 0 Å². The van der Waals surface area contributed by atoms with Crippen LogP contribution in [0.15, 0.2) is 29.0 Å². The first kappa shape index (κ1) is 13.2. The topological polar surface area (TPSA) is 69.6 Å². The van der Waals surface area contributed by atoms with Crippen molar-refractivity contribution in [2.45, 2.75) is 26.4 Å². The highest BCUT2D eigenvalue weighted by atomic mass is 79.9. The van der Waals surface area contributed by atoms with Crippen molar-refractivity contribution in [1.82, 2.24) is 20.0 Å². The van der Waals surface area contributed by atoms with E-state index in [1.165, 1.54) is 0 Å². The minimum atomic E-state index is -0.0726. The second-order valence-electron chi connectivity index (χ2n) is 4.58. The summed E-state index contributed by atoms with van der Waals surface area (Å²) in [5, 5.41) is 8.17. The second kappa shape index (κ2) is 5.58. The predicted octanol–water partition coefficient (Wildman–Crippen LogP) is 2.14. The van der Waals surface area contributed by atoms with E-state index < -0.39 is 0 Å². The predicted molar refractivity (Wildman–Crippen MR) is 72.8 cm³/mol. The van der Waals surface area contributed by atoms with Crippen LogP contribution in [-0.4, -0.2) is 20.0 Å². The Morgan fingerprint density at radius 1 is 1.39 bits per heavy atom. The van der Waals surface area contributed by atoms with Crippen LogP contribution in [0.3, 0.4) is 0 Å². The summed E-state index contributed by atoms with van der Waals surface area (Å²) in [6.07, 6.45) is 3.65. The molecule has 0 aliphatic carbocycles. The molecule has 96 valence electrons. The second-order valence-corrected chi connectivity index (χ2v) is 5.49. The maximum absolute atomic E-state index is 6.03. The Labute approximate surface area is 115 Å². The number of aromatic nitrogens is 4. The maximum Gasteiger partial charge on any atom is 0.0996 e. The largest absolute Gasteiger partial charge is 0.322 e. The summed E-state index contributed by atoms with van der Waals surface area (Å²) in [5.41, 5.74) is 7.79. The number of nitrogens with zero attached hydrogens (tertiary/aromatic N) is 4. The van der Waals surface area contributed by atoms with E-state index in [-0.39, 0.29) is 6.04 Å². The Balaban J connectivity index is 2.09. The lowest BCUT2D eigenvalue weighted by Gasteiger charge is -2.11. The van der Waals surface area contributed by atoms with Crippen molar-refractivity contribution in [3.63, 3.8) is 0 Å². The Morgan fingerprint density at radius 2 is 2.17 bits per heavy atom. The van der Waals surface area contributed by atoms with Gasteiger partial charge in [-0.15, -0.1) is 5.10 Å². The zero-order chi connectivity index (χ0) is 13.1. The lowest BCUT2D eigenvalue weighted by molar-refractivity contribution is 0.502. The van der Waals surface area contributed by atoms with Gasteiger partial charge < -0.3 is 5.73 Å². The van der Waals surface area contributed by atoms with Crippen LogP contribution in [0.25, 0.3) is 0 Å². The first-order valence-corrected chi connectivity index (χ1v) is 6.61. The summed E-state index contributed by atoms with van der Waals surface area (Å²) < 4.78 is 2.72. The lowest BCUT2D eigenvalue weighted by Crippen LogP contribution is -2.17. The number of nitrogens with two attached hydrogens (primary N) is 1. The van der Waals surface area contributed by atoms with Crippen molar-refractivity contribution in [2.75, 3.05) is 0 Å². The number of halogens is 1. The van der Waals surface area contributed by atoms with Gasteiger partial charge in [0.05, 0.1) is 30.2 Å². The minimum absolute atomic E-state index is 0.0726. The van der Waals surface area contributed by atoms with E-state index in [0.717, 1.165) is 15.9 Å². The third-order valence-corrected chi connectivity index (χ3v) is 3.20. The fourth-order valence-electron chi connectivity index (χ4n) is 1.55. The van der Waals surface area contributed by atoms with Crippen molar-refractivity contribution in [3.05, 3.63) is 40.4 Å². The molecule has 0 saturated heterocycles. The van der Waals surface area contributed by atoms with Crippen molar-refractivity contribution in [2.24, 2.45) is 11.7 Å². The number of rotatable bonds is 4. The molecular formula is C12H16BrN5. The van der Waals surface area contributed by atoms with Gasteiger partial charge >= 0.3 is 0 Å². The Kier molecular flexibility index (Phi) is 4.08. The van der Waals surface area contributed by atoms with Crippen LogP contribution >= 0.6 is 15.9 Å². The minimum Gasteiger partial charge on any atom is -0.322 e. The van der Waals surface area contributed by atoms with Gasteiger partial charge in [0, 0.05) is 10.7 Å². The zero-order valence-electron chi connectivity index (χ0n) is 10.4. The van der Waals surface area contributed by atoms with Crippen LogP contribution in [0, 0.1) is 5.92 Å². The fourth-order valence-corrected chi connectivity index (χ4v) is 1.79. The third-order valence-electron chi connectivity index (χ3n) is 2.73. The third kappa shape index (κ3) is 3.14. The quantitative estimate of drug-likeness (QED) is 0.939. The van der Waals surface area contributed by atoms with Gasteiger partial charge in [-0.3, -0.25) is 4.98 Å². The Morgan fingerprint density at radius 3 is 2.78 bits per heavy atom. The van der Waals surface area contributed by atoms with E-state index in [9.17, 15) is 0 Å². The fraction of sp³-hybridized carbons (Fsp3) is 0.417. The molecule has 2 rings (SSSR count). The molecule has 18 heavy (non-hydrogen) atoms. The molecule has 2 heterocycles. The Bertz CT molecular complexity index is 505. The van der Waals surface area contributed by atoms with Gasteiger partial charge in [0.2, 0.25) is 0 Å². The highest BCUT2D eigenvalue weighted by molar-refractivity contribution is 9.10. The van der Waals surface area contributed by atoms with Crippen LogP contribution in [-0.2, 0) is 6.54 Å². The van der Waals surface area contributed by atoms with Gasteiger partial charge in [-0.05, 0) is 34.0 Å². The molecule has 6 heteroatoms. The smallest absolute Gasteiger partial charge is 0.0996 e. The molecule has 0 saturated carbocycles. The van der Waals surface area contributed by atoms with Gasteiger partial charge in [0.15, 0.2) is 0 Å². The summed E-state index contributed by atoms with van der Waals surface area (Å²) in [6.45, 7) is 4.74. The van der Waals surface area contributed by atoms with Crippen molar-refractivity contribution in [1.29, 1.82) is 0 Å². The molecule has 2 N–H and O–H groups in total. The molecule has 0 aromatic carbocycles. The SMILES string of the molecule is CC(C)C(N)c1cn(Cc2ccc(Br)cn2)nn1. The number of hydrogen-bond donors (Lipinski definition) is 1. The average molecular weight is 310 g/mol. The van der Waals surface area contributed by atoms with E-state index >= 15 is 0 Å². The average Bonchev–Trinajstić information content (AvgIpc) is 2.79. The summed E-state index contributed by atoms with van der Waals surface area (Å²) in [5.74, 6) is 0.348. The van der Waals surface area contributed by atoms with Crippen LogP contribution in [0.1, 0.15) is 31.3 Å². The summed E-state index contributed by atoms with van der Waals surface area (Å²) in [6, 6.07) is 3.84.